The van der Waals surface area contributed by atoms with E-state index >= 15 is 0 Å². The van der Waals surface area contributed by atoms with Crippen LogP contribution in [0.3, 0.4) is 0 Å². The summed E-state index contributed by atoms with van der Waals surface area (Å²) < 4.78 is 5.19. The highest BCUT2D eigenvalue weighted by Gasteiger charge is 2.34. The van der Waals surface area contributed by atoms with Crippen molar-refractivity contribution in [2.45, 2.75) is 25.2 Å². The summed E-state index contributed by atoms with van der Waals surface area (Å²) in [6.45, 7) is 0.780. The first-order chi connectivity index (χ1) is 8.38. The van der Waals surface area contributed by atoms with Crippen molar-refractivity contribution in [2.75, 3.05) is 13.7 Å². The van der Waals surface area contributed by atoms with Crippen molar-refractivity contribution in [2.24, 2.45) is 11.1 Å². The van der Waals surface area contributed by atoms with Gasteiger partial charge in [0, 0.05) is 11.8 Å². The van der Waals surface area contributed by atoms with E-state index in [-0.39, 0.29) is 0 Å². The maximum Gasteiger partial charge on any atom is 0.125 e. The third-order valence-corrected chi connectivity index (χ3v) is 3.78. The molecule has 0 bridgehead atoms. The zero-order chi connectivity index (χ0) is 11.7. The minimum absolute atomic E-state index is 0.446. The Morgan fingerprint density at radius 3 is 2.82 bits per heavy atom. The summed E-state index contributed by atoms with van der Waals surface area (Å²) in [7, 11) is 1.69. The van der Waals surface area contributed by atoms with Gasteiger partial charge < -0.3 is 9.57 Å². The van der Waals surface area contributed by atoms with Gasteiger partial charge in [0.25, 0.3) is 0 Å². The number of methoxy groups -OCH3 is 1. The van der Waals surface area contributed by atoms with Crippen LogP contribution in [0.2, 0.25) is 0 Å². The standard InChI is InChI=1S/C14H17NO2/c1-16-12-7-5-10(6-8-12)13-4-2-3-11-9-17-15-14(11)13/h5-8,11,13H,2-4,9H2,1H3/t11-,13-/m1/s1. The van der Waals surface area contributed by atoms with Crippen molar-refractivity contribution in [3.63, 3.8) is 0 Å². The molecule has 0 spiro atoms. The largest absolute Gasteiger partial charge is 0.497 e. The van der Waals surface area contributed by atoms with Crippen molar-refractivity contribution < 1.29 is 9.57 Å². The van der Waals surface area contributed by atoms with Gasteiger partial charge in [-0.05, 0) is 30.5 Å². The molecule has 1 aliphatic heterocycles. The topological polar surface area (TPSA) is 30.8 Å². The Morgan fingerprint density at radius 2 is 2.06 bits per heavy atom. The molecule has 1 heterocycles. The van der Waals surface area contributed by atoms with Crippen LogP contribution in [0.5, 0.6) is 5.75 Å². The summed E-state index contributed by atoms with van der Waals surface area (Å²) in [5, 5.41) is 4.24. The number of oxime groups is 1. The van der Waals surface area contributed by atoms with Crippen LogP contribution in [0.4, 0.5) is 0 Å². The highest BCUT2D eigenvalue weighted by atomic mass is 16.6. The predicted molar refractivity (Wildman–Crippen MR) is 66.5 cm³/mol. The molecule has 1 aromatic rings. The fourth-order valence-corrected chi connectivity index (χ4v) is 2.83. The molecule has 0 unspecified atom stereocenters. The molecule has 3 heteroatoms. The number of rotatable bonds is 2. The Hall–Kier alpha value is -1.51. The van der Waals surface area contributed by atoms with Crippen molar-refractivity contribution in [3.8, 4) is 5.75 Å². The van der Waals surface area contributed by atoms with Gasteiger partial charge in [0.15, 0.2) is 0 Å². The van der Waals surface area contributed by atoms with Gasteiger partial charge >= 0.3 is 0 Å². The van der Waals surface area contributed by atoms with Crippen LogP contribution in [0.15, 0.2) is 29.4 Å². The number of fused-ring (bicyclic) bond motifs is 1. The first kappa shape index (κ1) is 10.6. The van der Waals surface area contributed by atoms with Gasteiger partial charge in [-0.3, -0.25) is 0 Å². The van der Waals surface area contributed by atoms with Gasteiger partial charge in [0.2, 0.25) is 0 Å². The maximum atomic E-state index is 5.25. The molecular weight excluding hydrogens is 214 g/mol. The Balaban J connectivity index is 1.86. The van der Waals surface area contributed by atoms with E-state index in [1.807, 2.05) is 12.1 Å². The van der Waals surface area contributed by atoms with Gasteiger partial charge in [-0.15, -0.1) is 0 Å². The molecule has 0 radical (unpaired) electrons. The highest BCUT2D eigenvalue weighted by molar-refractivity contribution is 5.94. The third kappa shape index (κ3) is 1.90. The van der Waals surface area contributed by atoms with Crippen LogP contribution in [-0.4, -0.2) is 19.4 Å². The molecule has 0 aromatic heterocycles. The van der Waals surface area contributed by atoms with E-state index in [1.165, 1.54) is 30.5 Å². The average molecular weight is 231 g/mol. The highest BCUT2D eigenvalue weighted by Crippen LogP contribution is 2.37. The Kier molecular flexibility index (Phi) is 2.75. The van der Waals surface area contributed by atoms with Gasteiger partial charge in [0.1, 0.15) is 12.4 Å². The SMILES string of the molecule is COc1ccc([C@H]2CCC[C@@H]3CON=C32)cc1. The summed E-state index contributed by atoms with van der Waals surface area (Å²) in [6.07, 6.45) is 3.68. The van der Waals surface area contributed by atoms with E-state index in [4.69, 9.17) is 9.57 Å². The number of ether oxygens (including phenoxy) is 1. The molecule has 1 aliphatic carbocycles. The average Bonchev–Trinajstić information content (AvgIpc) is 2.87. The Bertz CT molecular complexity index is 424. The molecule has 90 valence electrons. The lowest BCUT2D eigenvalue weighted by molar-refractivity contribution is 0.152. The molecule has 3 nitrogen and oxygen atoms in total. The molecule has 0 amide bonds. The first-order valence-corrected chi connectivity index (χ1v) is 6.22. The van der Waals surface area contributed by atoms with Crippen LogP contribution in [-0.2, 0) is 4.84 Å². The van der Waals surface area contributed by atoms with Crippen molar-refractivity contribution in [1.29, 1.82) is 0 Å². The second kappa shape index (κ2) is 4.40. The van der Waals surface area contributed by atoms with Gasteiger partial charge in [-0.25, -0.2) is 0 Å². The van der Waals surface area contributed by atoms with Gasteiger partial charge in [-0.2, -0.15) is 0 Å². The molecule has 2 atom stereocenters. The van der Waals surface area contributed by atoms with Crippen LogP contribution in [0.1, 0.15) is 30.7 Å². The van der Waals surface area contributed by atoms with E-state index in [9.17, 15) is 0 Å². The summed E-state index contributed by atoms with van der Waals surface area (Å²) in [6, 6.07) is 8.34. The Morgan fingerprint density at radius 1 is 1.24 bits per heavy atom. The summed E-state index contributed by atoms with van der Waals surface area (Å²) in [5.74, 6) is 1.91. The minimum Gasteiger partial charge on any atom is -0.497 e. The number of benzene rings is 1. The minimum atomic E-state index is 0.446. The van der Waals surface area contributed by atoms with Crippen LogP contribution >= 0.6 is 0 Å². The first-order valence-electron chi connectivity index (χ1n) is 6.22. The van der Waals surface area contributed by atoms with Crippen LogP contribution in [0.25, 0.3) is 0 Å². The van der Waals surface area contributed by atoms with Crippen molar-refractivity contribution in [1.82, 2.24) is 0 Å². The zero-order valence-electron chi connectivity index (χ0n) is 10.1. The molecule has 0 N–H and O–H groups in total. The van der Waals surface area contributed by atoms with Gasteiger partial charge in [-0.1, -0.05) is 23.7 Å². The maximum absolute atomic E-state index is 5.25. The van der Waals surface area contributed by atoms with E-state index in [2.05, 4.69) is 17.3 Å². The van der Waals surface area contributed by atoms with E-state index in [0.29, 0.717) is 11.8 Å². The van der Waals surface area contributed by atoms with E-state index in [1.54, 1.807) is 7.11 Å². The predicted octanol–water partition coefficient (Wildman–Crippen LogP) is 2.97. The smallest absolute Gasteiger partial charge is 0.125 e. The summed E-state index contributed by atoms with van der Waals surface area (Å²) >= 11 is 0. The molecule has 17 heavy (non-hydrogen) atoms. The molecule has 3 rings (SSSR count). The second-order valence-electron chi connectivity index (χ2n) is 4.77. The van der Waals surface area contributed by atoms with E-state index < -0.39 is 0 Å². The van der Waals surface area contributed by atoms with E-state index in [0.717, 1.165) is 12.4 Å². The van der Waals surface area contributed by atoms with Crippen molar-refractivity contribution >= 4 is 5.71 Å². The van der Waals surface area contributed by atoms with Gasteiger partial charge in [0.05, 0.1) is 12.8 Å². The van der Waals surface area contributed by atoms with Crippen LogP contribution in [0, 0.1) is 5.92 Å². The quantitative estimate of drug-likeness (QED) is 0.783. The molecule has 0 saturated heterocycles. The Labute approximate surface area is 101 Å². The summed E-state index contributed by atoms with van der Waals surface area (Å²) in [4.78, 5) is 5.25. The molecule has 1 aromatic carbocycles. The fourth-order valence-electron chi connectivity index (χ4n) is 2.83. The lowest BCUT2D eigenvalue weighted by Crippen LogP contribution is -2.25. The molecule has 1 fully saturated rings. The number of nitrogens with zero attached hydrogens (tertiary/aromatic N) is 1. The number of hydrogen-bond acceptors (Lipinski definition) is 3. The third-order valence-electron chi connectivity index (χ3n) is 3.78. The molecule has 1 saturated carbocycles. The van der Waals surface area contributed by atoms with Crippen molar-refractivity contribution in [3.05, 3.63) is 29.8 Å². The zero-order valence-corrected chi connectivity index (χ0v) is 10.1. The lowest BCUT2D eigenvalue weighted by Gasteiger charge is -2.26. The summed E-state index contributed by atoms with van der Waals surface area (Å²) in [5.41, 5.74) is 2.58. The monoisotopic (exact) mass is 231 g/mol. The number of hydrogen-bond donors (Lipinski definition) is 0. The fraction of sp³-hybridized carbons (Fsp3) is 0.500. The van der Waals surface area contributed by atoms with Crippen LogP contribution < -0.4 is 4.74 Å². The lowest BCUT2D eigenvalue weighted by atomic mass is 9.77. The normalized spacial score (nSPS) is 27.0. The second-order valence-corrected chi connectivity index (χ2v) is 4.77. The molecule has 2 aliphatic rings. The molecular formula is C14H17NO2.